The molecule has 0 saturated carbocycles. The van der Waals surface area contributed by atoms with E-state index in [-0.39, 0.29) is 11.7 Å². The Hall–Kier alpha value is -1.35. The first-order valence-corrected chi connectivity index (χ1v) is 8.10. The van der Waals surface area contributed by atoms with Crippen LogP contribution in [0.15, 0.2) is 18.2 Å². The number of hydrogen-bond acceptors (Lipinski definition) is 3. The first-order valence-electron chi connectivity index (χ1n) is 8.10. The normalized spacial score (nSPS) is 18.6. The van der Waals surface area contributed by atoms with Crippen LogP contribution >= 0.6 is 0 Å². The average Bonchev–Trinajstić information content (AvgIpc) is 2.64. The van der Waals surface area contributed by atoms with Crippen LogP contribution in [0, 0.1) is 5.92 Å². The molecule has 3 heteroatoms. The quantitative estimate of drug-likeness (QED) is 0.827. The Kier molecular flexibility index (Phi) is 5.40. The second kappa shape index (κ2) is 7.08. The minimum atomic E-state index is 0.0496. The highest BCUT2D eigenvalue weighted by Crippen LogP contribution is 2.30. The third kappa shape index (κ3) is 3.65. The van der Waals surface area contributed by atoms with Crippen molar-refractivity contribution in [3.63, 3.8) is 0 Å². The summed E-state index contributed by atoms with van der Waals surface area (Å²) in [5.74, 6) is 1.48. The topological polar surface area (TPSA) is 29.5 Å². The molecule has 1 aromatic carbocycles. The molecule has 1 atom stereocenters. The molecule has 3 nitrogen and oxygen atoms in total. The molecule has 2 rings (SSSR count). The molecule has 1 aliphatic rings. The van der Waals surface area contributed by atoms with Gasteiger partial charge in [-0.1, -0.05) is 33.8 Å². The number of ether oxygens (including phenoxy) is 1. The number of rotatable bonds is 5. The highest BCUT2D eigenvalue weighted by molar-refractivity contribution is 6.01. The molecule has 21 heavy (non-hydrogen) atoms. The number of ketones is 1. The fourth-order valence-electron chi connectivity index (χ4n) is 2.85. The Morgan fingerprint density at radius 3 is 2.62 bits per heavy atom. The second-order valence-electron chi connectivity index (χ2n) is 6.09. The Balaban J connectivity index is 2.27. The summed E-state index contributed by atoms with van der Waals surface area (Å²) in [6, 6.07) is 6.06. The van der Waals surface area contributed by atoms with E-state index in [9.17, 15) is 4.79 Å². The molecule has 0 saturated heterocycles. The van der Waals surface area contributed by atoms with Crippen molar-refractivity contribution in [1.29, 1.82) is 0 Å². The summed E-state index contributed by atoms with van der Waals surface area (Å²) in [5, 5.41) is 0. The van der Waals surface area contributed by atoms with E-state index < -0.39 is 0 Å². The van der Waals surface area contributed by atoms with E-state index >= 15 is 0 Å². The maximum absolute atomic E-state index is 12.9. The van der Waals surface area contributed by atoms with Gasteiger partial charge < -0.3 is 9.64 Å². The number of carbonyl (C=O) groups is 1. The molecule has 0 aromatic heterocycles. The first-order chi connectivity index (χ1) is 10.1. The number of fused-ring (bicyclic) bond motifs is 1. The van der Waals surface area contributed by atoms with Crippen LogP contribution in [-0.2, 0) is 0 Å². The summed E-state index contributed by atoms with van der Waals surface area (Å²) in [6.45, 7) is 12.0. The fourth-order valence-corrected chi connectivity index (χ4v) is 2.85. The highest BCUT2D eigenvalue weighted by Gasteiger charge is 2.28. The van der Waals surface area contributed by atoms with E-state index in [2.05, 4.69) is 38.7 Å². The van der Waals surface area contributed by atoms with Crippen LogP contribution in [0.25, 0.3) is 0 Å². The van der Waals surface area contributed by atoms with Gasteiger partial charge in [0.15, 0.2) is 5.78 Å². The van der Waals surface area contributed by atoms with Crippen molar-refractivity contribution in [2.75, 3.05) is 26.2 Å². The summed E-state index contributed by atoms with van der Waals surface area (Å²) < 4.78 is 5.79. The lowest BCUT2D eigenvalue weighted by atomic mass is 9.92. The molecule has 0 bridgehead atoms. The predicted octanol–water partition coefficient (Wildman–Crippen LogP) is 3.73. The van der Waals surface area contributed by atoms with E-state index in [0.717, 1.165) is 37.4 Å². The molecule has 0 amide bonds. The predicted molar refractivity (Wildman–Crippen MR) is 86.3 cm³/mol. The number of benzene rings is 1. The molecule has 1 unspecified atom stereocenters. The van der Waals surface area contributed by atoms with Gasteiger partial charge in [0, 0.05) is 12.5 Å². The molecule has 1 aliphatic heterocycles. The lowest BCUT2D eigenvalue weighted by Gasteiger charge is -2.23. The van der Waals surface area contributed by atoms with Crippen LogP contribution < -0.4 is 4.74 Å². The van der Waals surface area contributed by atoms with Crippen LogP contribution in [0.2, 0.25) is 0 Å². The standard InChI is InChI=1S/C18H27NO2/c1-5-19(6-2)12-15-9-10-21-17-8-7-14(13(3)4)11-16(17)18(15)20/h7-8,11,13,15H,5-6,9-10,12H2,1-4H3. The minimum absolute atomic E-state index is 0.0496. The Morgan fingerprint density at radius 2 is 2.00 bits per heavy atom. The van der Waals surface area contributed by atoms with E-state index in [0.29, 0.717) is 12.5 Å². The average molecular weight is 289 g/mol. The third-order valence-electron chi connectivity index (χ3n) is 4.40. The smallest absolute Gasteiger partial charge is 0.171 e. The molecular weight excluding hydrogens is 262 g/mol. The molecule has 0 radical (unpaired) electrons. The fraction of sp³-hybridized carbons (Fsp3) is 0.611. The van der Waals surface area contributed by atoms with Crippen LogP contribution in [-0.4, -0.2) is 36.9 Å². The Labute approximate surface area is 128 Å². The van der Waals surface area contributed by atoms with Crippen molar-refractivity contribution in [3.8, 4) is 5.75 Å². The van der Waals surface area contributed by atoms with Crippen molar-refractivity contribution < 1.29 is 9.53 Å². The second-order valence-corrected chi connectivity index (χ2v) is 6.09. The van der Waals surface area contributed by atoms with Gasteiger partial charge in [0.1, 0.15) is 5.75 Å². The Bertz CT molecular complexity index is 492. The van der Waals surface area contributed by atoms with E-state index in [4.69, 9.17) is 4.74 Å². The maximum atomic E-state index is 12.9. The molecule has 0 fully saturated rings. The number of nitrogens with zero attached hydrogens (tertiary/aromatic N) is 1. The van der Waals surface area contributed by atoms with Gasteiger partial charge in [0.25, 0.3) is 0 Å². The van der Waals surface area contributed by atoms with Crippen molar-refractivity contribution in [3.05, 3.63) is 29.3 Å². The molecule has 0 N–H and O–H groups in total. The summed E-state index contributed by atoms with van der Waals surface area (Å²) in [5.41, 5.74) is 1.98. The molecule has 1 aromatic rings. The number of carbonyl (C=O) groups excluding carboxylic acids is 1. The zero-order valence-electron chi connectivity index (χ0n) is 13.7. The highest BCUT2D eigenvalue weighted by atomic mass is 16.5. The number of Topliss-reactive ketones (excluding diaryl/α,β-unsaturated/α-hetero) is 1. The van der Waals surface area contributed by atoms with E-state index in [1.165, 1.54) is 5.56 Å². The first kappa shape index (κ1) is 16.0. The third-order valence-corrected chi connectivity index (χ3v) is 4.40. The van der Waals surface area contributed by atoms with Gasteiger partial charge in [-0.15, -0.1) is 0 Å². The van der Waals surface area contributed by atoms with Gasteiger partial charge in [-0.3, -0.25) is 4.79 Å². The lowest BCUT2D eigenvalue weighted by Crippen LogP contribution is -2.33. The van der Waals surface area contributed by atoms with Crippen LogP contribution in [0.3, 0.4) is 0 Å². The Morgan fingerprint density at radius 1 is 1.29 bits per heavy atom. The molecule has 0 spiro atoms. The van der Waals surface area contributed by atoms with Gasteiger partial charge in [-0.05, 0) is 43.1 Å². The van der Waals surface area contributed by atoms with Gasteiger partial charge in [-0.25, -0.2) is 0 Å². The largest absolute Gasteiger partial charge is 0.493 e. The zero-order valence-corrected chi connectivity index (χ0v) is 13.7. The van der Waals surface area contributed by atoms with Gasteiger partial charge >= 0.3 is 0 Å². The van der Waals surface area contributed by atoms with E-state index in [1.54, 1.807) is 0 Å². The van der Waals surface area contributed by atoms with Gasteiger partial charge in [0.05, 0.1) is 12.2 Å². The monoisotopic (exact) mass is 289 g/mol. The summed E-state index contributed by atoms with van der Waals surface area (Å²) in [4.78, 5) is 15.2. The van der Waals surface area contributed by atoms with Crippen molar-refractivity contribution in [2.24, 2.45) is 5.92 Å². The summed E-state index contributed by atoms with van der Waals surface area (Å²) >= 11 is 0. The van der Waals surface area contributed by atoms with Gasteiger partial charge in [-0.2, -0.15) is 0 Å². The molecule has 1 heterocycles. The SMILES string of the molecule is CCN(CC)CC1CCOc2ccc(C(C)C)cc2C1=O. The van der Waals surface area contributed by atoms with Crippen molar-refractivity contribution >= 4 is 5.78 Å². The molecule has 0 aliphatic carbocycles. The summed E-state index contributed by atoms with van der Waals surface area (Å²) in [6.07, 6.45) is 0.807. The lowest BCUT2D eigenvalue weighted by molar-refractivity contribution is 0.0877. The summed E-state index contributed by atoms with van der Waals surface area (Å²) in [7, 11) is 0. The van der Waals surface area contributed by atoms with Crippen LogP contribution in [0.4, 0.5) is 0 Å². The molecule has 116 valence electrons. The van der Waals surface area contributed by atoms with Gasteiger partial charge in [0.2, 0.25) is 0 Å². The zero-order chi connectivity index (χ0) is 15.4. The minimum Gasteiger partial charge on any atom is -0.493 e. The van der Waals surface area contributed by atoms with Crippen LogP contribution in [0.1, 0.15) is 56.0 Å². The number of hydrogen-bond donors (Lipinski definition) is 0. The van der Waals surface area contributed by atoms with Crippen molar-refractivity contribution in [2.45, 2.75) is 40.0 Å². The van der Waals surface area contributed by atoms with Crippen LogP contribution in [0.5, 0.6) is 5.75 Å². The van der Waals surface area contributed by atoms with E-state index in [1.807, 2.05) is 12.1 Å². The maximum Gasteiger partial charge on any atom is 0.171 e. The molecular formula is C18H27NO2. The van der Waals surface area contributed by atoms with Crippen molar-refractivity contribution in [1.82, 2.24) is 4.90 Å².